The molecule has 0 unspecified atom stereocenters. The molecule has 0 saturated carbocycles. The number of hydrogen-bond acceptors (Lipinski definition) is 18. The number of rotatable bonds is 15. The van der Waals surface area contributed by atoms with Gasteiger partial charge in [0.15, 0.2) is 0 Å². The molecule has 0 radical (unpaired) electrons. The highest BCUT2D eigenvalue weighted by molar-refractivity contribution is 6.62. The summed E-state index contributed by atoms with van der Waals surface area (Å²) in [5, 5.41) is 22.0. The summed E-state index contributed by atoms with van der Waals surface area (Å²) < 4.78 is 61.6. The maximum Gasteiger partial charge on any atom is 0.492 e. The maximum atomic E-state index is 13.0. The number of amides is 1. The monoisotopic (exact) mass is 998 g/mol. The van der Waals surface area contributed by atoms with Gasteiger partial charge >= 0.3 is 25.0 Å². The summed E-state index contributed by atoms with van der Waals surface area (Å²) in [6, 6.07) is 2.68. The van der Waals surface area contributed by atoms with E-state index in [1.807, 2.05) is 13.8 Å². The Morgan fingerprint density at radius 3 is 1.70 bits per heavy atom. The number of aliphatic hydroxyl groups is 1. The van der Waals surface area contributed by atoms with Gasteiger partial charge in [-0.15, -0.1) is 0 Å². The van der Waals surface area contributed by atoms with E-state index in [-0.39, 0.29) is 53.7 Å². The number of nitrogens with one attached hydrogen (secondary N) is 1. The molecule has 1 aromatic carbocycles. The summed E-state index contributed by atoms with van der Waals surface area (Å²) >= 11 is 0. The Morgan fingerprint density at radius 2 is 1.21 bits per heavy atom. The normalized spacial score (nSPS) is 20.5. The molecule has 1 aromatic rings. The van der Waals surface area contributed by atoms with Crippen LogP contribution in [-0.2, 0) is 77.8 Å². The highest BCUT2D eigenvalue weighted by Gasteiger charge is 2.41. The second-order valence-electron chi connectivity index (χ2n) is 19.1. The third-order valence-corrected chi connectivity index (χ3v) is 13.6. The average Bonchev–Trinajstić information content (AvgIpc) is 4.11. The van der Waals surface area contributed by atoms with Crippen LogP contribution in [0.15, 0.2) is 12.1 Å². The second kappa shape index (κ2) is 32.7. The molecule has 3 N–H and O–H groups in total. The molecule has 5 fully saturated rings. The first kappa shape index (κ1) is 61.0. The van der Waals surface area contributed by atoms with Gasteiger partial charge in [-0.05, 0) is 99.7 Å². The van der Waals surface area contributed by atoms with Crippen molar-refractivity contribution in [3.8, 4) is 0 Å². The molecule has 6 aliphatic rings. The first-order chi connectivity index (χ1) is 33.7. The number of carbonyl (C=O) groups is 4. The van der Waals surface area contributed by atoms with Crippen molar-refractivity contribution >= 4 is 36.4 Å². The Labute approximate surface area is 416 Å². The predicted molar refractivity (Wildman–Crippen MR) is 258 cm³/mol. The molecule has 400 valence electrons. The molecule has 6 aliphatic heterocycles. The number of fused-ring (bicyclic) bond motifs is 1. The molecule has 19 nitrogen and oxygen atoms in total. The van der Waals surface area contributed by atoms with Crippen LogP contribution in [0.2, 0.25) is 0 Å². The second-order valence-corrected chi connectivity index (χ2v) is 19.1. The zero-order valence-electron chi connectivity index (χ0n) is 43.3. The lowest BCUT2D eigenvalue weighted by molar-refractivity contribution is -0.163. The van der Waals surface area contributed by atoms with Gasteiger partial charge < -0.3 is 72.2 Å². The van der Waals surface area contributed by atoms with Crippen LogP contribution in [-0.4, -0.2) is 182 Å². The van der Waals surface area contributed by atoms with E-state index in [0.717, 1.165) is 70.5 Å². The van der Waals surface area contributed by atoms with Crippen molar-refractivity contribution in [2.24, 2.45) is 28.1 Å². The fourth-order valence-corrected chi connectivity index (χ4v) is 8.96. The van der Waals surface area contributed by atoms with Gasteiger partial charge in [-0.2, -0.15) is 0 Å². The molecule has 0 aliphatic carbocycles. The fraction of sp³-hybridized carbons (Fsp3) is 0.800. The van der Waals surface area contributed by atoms with Crippen molar-refractivity contribution in [3.05, 3.63) is 28.8 Å². The van der Waals surface area contributed by atoms with Crippen LogP contribution in [0.4, 0.5) is 0 Å². The van der Waals surface area contributed by atoms with Crippen molar-refractivity contribution in [1.82, 2.24) is 5.32 Å². The quantitative estimate of drug-likeness (QED) is 0.130. The first-order valence-corrected chi connectivity index (χ1v) is 24.7. The summed E-state index contributed by atoms with van der Waals surface area (Å²) in [6.45, 7) is 15.1. The highest BCUT2D eigenvalue weighted by atomic mass is 16.6. The smallest absolute Gasteiger partial charge is 0.469 e. The zero-order valence-corrected chi connectivity index (χ0v) is 43.3. The van der Waals surface area contributed by atoms with Gasteiger partial charge in [0.25, 0.3) is 5.91 Å². The molecule has 0 aromatic heterocycles. The van der Waals surface area contributed by atoms with Gasteiger partial charge in [0.1, 0.15) is 6.04 Å². The number of benzene rings is 1. The highest BCUT2D eigenvalue weighted by Crippen LogP contribution is 2.33. The average molecular weight is 998 g/mol. The van der Waals surface area contributed by atoms with E-state index in [4.69, 9.17) is 57.1 Å². The van der Waals surface area contributed by atoms with Crippen LogP contribution >= 0.6 is 0 Å². The molecule has 1 amide bonds. The lowest BCUT2D eigenvalue weighted by Gasteiger charge is -2.36. The molecular formula is C50H84BNO18. The molecule has 20 heteroatoms. The van der Waals surface area contributed by atoms with Crippen molar-refractivity contribution in [3.63, 3.8) is 0 Å². The fourth-order valence-electron chi connectivity index (χ4n) is 8.96. The van der Waals surface area contributed by atoms with Crippen LogP contribution in [0, 0.1) is 35.0 Å². The Hall–Kier alpha value is -3.28. The predicted octanol–water partition coefficient (Wildman–Crippen LogP) is 3.36. The van der Waals surface area contributed by atoms with E-state index in [1.165, 1.54) is 27.1 Å². The van der Waals surface area contributed by atoms with Gasteiger partial charge in [-0.25, -0.2) is 4.79 Å². The standard InChI is InChI=1S/C22H32BNO7.C9H16O4.C8H16O3.C7H12O3.C4H8O/c1-14(2)19(21(26)30-13-22(12-28-4)7-9-29-10-8-22)24-20(25)17-6-5-16-11-31-23(27)18(16)15(17)3;1-11-7-9(8(10)12-2)3-5-13-6-4-9;1-10-7-8(6-9)2-4-11-5-3-8;1-9-7(8)6-2-4-10-5-3-6;1-2-4-5-3-1/h5-6,14,19,27H,7-13H2,1-4H3,(H,24,25);3-7H2,1-2H3;9H,2-7H2,1H3;6H,2-5H2,1H3;1-4H2/t19-;;;;/m0..../s1. The van der Waals surface area contributed by atoms with Crippen molar-refractivity contribution in [1.29, 1.82) is 0 Å². The van der Waals surface area contributed by atoms with Crippen molar-refractivity contribution < 1.29 is 86.1 Å². The van der Waals surface area contributed by atoms with E-state index >= 15 is 0 Å². The van der Waals surface area contributed by atoms with Crippen molar-refractivity contribution in [2.45, 2.75) is 97.6 Å². The largest absolute Gasteiger partial charge is 0.492 e. The van der Waals surface area contributed by atoms with Crippen LogP contribution in [0.25, 0.3) is 0 Å². The van der Waals surface area contributed by atoms with Crippen LogP contribution in [0.5, 0.6) is 0 Å². The summed E-state index contributed by atoms with van der Waals surface area (Å²) in [5.41, 5.74) is 1.79. The maximum absolute atomic E-state index is 13.0. The lowest BCUT2D eigenvalue weighted by Crippen LogP contribution is -2.47. The molecule has 5 saturated heterocycles. The zero-order chi connectivity index (χ0) is 51.4. The third-order valence-electron chi connectivity index (χ3n) is 13.6. The molecule has 7 rings (SSSR count). The SMILES string of the molecule is C1CCOC1.COC(=O)C1CCOCC1.COCC1(C(=O)OC)CCOCC1.COCC1(CO)CCOCC1.COCC1(COC(=O)[C@@H](NC(=O)c2ccc3c(c2C)B(O)OC3)C(C)C)CCOCC1. The van der Waals surface area contributed by atoms with Gasteiger partial charge in [-0.1, -0.05) is 19.9 Å². The number of methoxy groups -OCH3 is 5. The minimum atomic E-state index is -1.04. The Bertz CT molecular complexity index is 1650. The summed E-state index contributed by atoms with van der Waals surface area (Å²) in [5.74, 6) is -1.20. The summed E-state index contributed by atoms with van der Waals surface area (Å²) in [4.78, 5) is 48.3. The van der Waals surface area contributed by atoms with Gasteiger partial charge in [0, 0.05) is 104 Å². The van der Waals surface area contributed by atoms with Crippen LogP contribution in [0.3, 0.4) is 0 Å². The van der Waals surface area contributed by atoms with Gasteiger partial charge in [0.2, 0.25) is 0 Å². The topological polar surface area (TPSA) is 232 Å². The molecule has 6 heterocycles. The number of carbonyl (C=O) groups excluding carboxylic acids is 4. The Balaban J connectivity index is 0.000000271. The number of hydrogen-bond donors (Lipinski definition) is 3. The number of aliphatic hydroxyl groups excluding tert-OH is 1. The number of ether oxygens (including phenoxy) is 11. The molecule has 70 heavy (non-hydrogen) atoms. The minimum absolute atomic E-state index is 0.0208. The summed E-state index contributed by atoms with van der Waals surface area (Å²) in [6.07, 6.45) is 8.89. The minimum Gasteiger partial charge on any atom is -0.469 e. The van der Waals surface area contributed by atoms with E-state index < -0.39 is 24.5 Å². The Morgan fingerprint density at radius 1 is 0.700 bits per heavy atom. The summed E-state index contributed by atoms with van der Waals surface area (Å²) in [7, 11) is 6.71. The van der Waals surface area contributed by atoms with Gasteiger partial charge in [0.05, 0.1) is 65.2 Å². The molecule has 1 atom stereocenters. The Kier molecular flexibility index (Phi) is 28.5. The van der Waals surface area contributed by atoms with E-state index in [1.54, 1.807) is 40.4 Å². The molecule has 0 bridgehead atoms. The van der Waals surface area contributed by atoms with E-state index in [9.17, 15) is 24.2 Å². The molecular weight excluding hydrogens is 913 g/mol. The van der Waals surface area contributed by atoms with Gasteiger partial charge in [-0.3, -0.25) is 14.4 Å². The number of esters is 3. The third kappa shape index (κ3) is 19.3. The lowest BCUT2D eigenvalue weighted by atomic mass is 9.75. The van der Waals surface area contributed by atoms with Crippen LogP contribution < -0.4 is 10.8 Å². The van der Waals surface area contributed by atoms with E-state index in [0.29, 0.717) is 95.5 Å². The molecule has 0 spiro atoms. The first-order valence-electron chi connectivity index (χ1n) is 24.7. The van der Waals surface area contributed by atoms with E-state index in [2.05, 4.69) is 10.1 Å². The van der Waals surface area contributed by atoms with Crippen molar-refractivity contribution in [2.75, 3.05) is 135 Å². The van der Waals surface area contributed by atoms with Crippen LogP contribution in [0.1, 0.15) is 99.5 Å².